The Labute approximate surface area is 211 Å². The second-order valence-electron chi connectivity index (χ2n) is 9.07. The summed E-state index contributed by atoms with van der Waals surface area (Å²) in [6.07, 6.45) is 5.60. The molecule has 0 unspecified atom stereocenters. The van der Waals surface area contributed by atoms with Gasteiger partial charge in [0, 0.05) is 41.3 Å². The Balaban J connectivity index is 1.31. The largest absolute Gasteiger partial charge is 0.376 e. The molecule has 0 aliphatic heterocycles. The van der Waals surface area contributed by atoms with Crippen LogP contribution in [0, 0.1) is 0 Å². The van der Waals surface area contributed by atoms with Crippen LogP contribution in [0.1, 0.15) is 52.8 Å². The number of benzene rings is 3. The Morgan fingerprint density at radius 1 is 0.806 bits per heavy atom. The quantitative estimate of drug-likeness (QED) is 0.416. The van der Waals surface area contributed by atoms with E-state index in [2.05, 4.69) is 16.0 Å². The van der Waals surface area contributed by atoms with Crippen LogP contribution in [-0.4, -0.2) is 37.4 Å². The van der Waals surface area contributed by atoms with Gasteiger partial charge >= 0.3 is 0 Å². The molecule has 0 spiro atoms. The van der Waals surface area contributed by atoms with Gasteiger partial charge in [0.1, 0.15) is 0 Å². The van der Waals surface area contributed by atoms with Gasteiger partial charge in [-0.25, -0.2) is 0 Å². The summed E-state index contributed by atoms with van der Waals surface area (Å²) < 4.78 is 0. The molecule has 1 aliphatic rings. The van der Waals surface area contributed by atoms with E-state index in [4.69, 9.17) is 0 Å². The highest BCUT2D eigenvalue weighted by molar-refractivity contribution is 6.06. The molecule has 186 valence electrons. The fourth-order valence-electron chi connectivity index (χ4n) is 4.37. The maximum absolute atomic E-state index is 12.9. The first kappa shape index (κ1) is 25.0. The topological polar surface area (TPSA) is 90.5 Å². The van der Waals surface area contributed by atoms with Crippen molar-refractivity contribution in [1.82, 2.24) is 5.32 Å². The molecule has 4 rings (SSSR count). The zero-order chi connectivity index (χ0) is 25.3. The van der Waals surface area contributed by atoms with Gasteiger partial charge in [-0.2, -0.15) is 0 Å². The summed E-state index contributed by atoms with van der Waals surface area (Å²) in [5, 5.41) is 9.02. The Kier molecular flexibility index (Phi) is 8.34. The molecule has 0 heterocycles. The van der Waals surface area contributed by atoms with Crippen molar-refractivity contribution in [3.8, 4) is 0 Å². The third-order valence-electron chi connectivity index (χ3n) is 6.36. The van der Waals surface area contributed by atoms with Gasteiger partial charge < -0.3 is 20.9 Å². The first-order chi connectivity index (χ1) is 17.5. The average Bonchev–Trinajstić information content (AvgIpc) is 2.92. The van der Waals surface area contributed by atoms with Gasteiger partial charge in [-0.1, -0.05) is 49.6 Å². The van der Waals surface area contributed by atoms with Crippen LogP contribution in [0.3, 0.4) is 0 Å². The van der Waals surface area contributed by atoms with E-state index >= 15 is 0 Å². The normalized spacial score (nSPS) is 13.5. The second-order valence-corrected chi connectivity index (χ2v) is 9.07. The number of carbonyl (C=O) groups is 3. The zero-order valence-electron chi connectivity index (χ0n) is 20.5. The smallest absolute Gasteiger partial charge is 0.258 e. The van der Waals surface area contributed by atoms with Crippen LogP contribution in [0.4, 0.5) is 17.1 Å². The summed E-state index contributed by atoms with van der Waals surface area (Å²) >= 11 is 0. The van der Waals surface area contributed by atoms with E-state index in [1.165, 1.54) is 6.42 Å². The van der Waals surface area contributed by atoms with Crippen molar-refractivity contribution >= 4 is 34.8 Å². The molecule has 3 aromatic rings. The molecule has 3 amide bonds. The molecule has 0 aromatic heterocycles. The number of nitrogens with zero attached hydrogens (tertiary/aromatic N) is 1. The summed E-state index contributed by atoms with van der Waals surface area (Å²) in [6.45, 7) is 0.0236. The van der Waals surface area contributed by atoms with Gasteiger partial charge in [-0.15, -0.1) is 0 Å². The molecule has 0 bridgehead atoms. The first-order valence-electron chi connectivity index (χ1n) is 12.4. The third kappa shape index (κ3) is 6.72. The number of hydrogen-bond donors (Lipinski definition) is 3. The lowest BCUT2D eigenvalue weighted by atomic mass is 9.95. The molecule has 7 heteroatoms. The maximum atomic E-state index is 12.9. The molecule has 0 radical (unpaired) electrons. The lowest BCUT2D eigenvalue weighted by Crippen LogP contribution is -2.36. The highest BCUT2D eigenvalue weighted by Crippen LogP contribution is 2.19. The van der Waals surface area contributed by atoms with Crippen molar-refractivity contribution in [2.75, 3.05) is 29.1 Å². The molecule has 1 aliphatic carbocycles. The Morgan fingerprint density at radius 3 is 2.22 bits per heavy atom. The van der Waals surface area contributed by atoms with E-state index in [0.29, 0.717) is 22.5 Å². The minimum atomic E-state index is -0.256. The fourth-order valence-corrected chi connectivity index (χ4v) is 4.37. The minimum Gasteiger partial charge on any atom is -0.376 e. The SMILES string of the molecule is CN(C(=O)c1cccc(NC(=O)CNc2cccc(C(=O)NC3CCCCC3)c2)c1)c1ccccc1. The molecule has 3 N–H and O–H groups in total. The van der Waals surface area contributed by atoms with Crippen LogP contribution >= 0.6 is 0 Å². The monoisotopic (exact) mass is 484 g/mol. The van der Waals surface area contributed by atoms with Crippen molar-refractivity contribution in [2.24, 2.45) is 0 Å². The number of hydrogen-bond acceptors (Lipinski definition) is 4. The zero-order valence-corrected chi connectivity index (χ0v) is 20.5. The average molecular weight is 485 g/mol. The molecule has 7 nitrogen and oxygen atoms in total. The highest BCUT2D eigenvalue weighted by Gasteiger charge is 2.17. The molecule has 0 atom stereocenters. The van der Waals surface area contributed by atoms with Crippen LogP contribution in [0.25, 0.3) is 0 Å². The van der Waals surface area contributed by atoms with E-state index in [-0.39, 0.29) is 30.3 Å². The van der Waals surface area contributed by atoms with E-state index < -0.39 is 0 Å². The fraction of sp³-hybridized carbons (Fsp3) is 0.276. The van der Waals surface area contributed by atoms with Crippen LogP contribution in [-0.2, 0) is 4.79 Å². The standard InChI is InChI=1S/C29H32N4O3/c1-33(26-16-6-3-7-17-26)29(36)22-11-9-15-25(19-22)31-27(34)20-30-24-14-8-10-21(18-24)28(35)32-23-12-4-2-5-13-23/h3,6-11,14-19,23,30H,2,4-5,12-13,20H2,1H3,(H,31,34)(H,32,35). The number of para-hydroxylation sites is 1. The van der Waals surface area contributed by atoms with E-state index in [1.807, 2.05) is 36.4 Å². The molecule has 1 fully saturated rings. The predicted molar refractivity (Wildman–Crippen MR) is 144 cm³/mol. The first-order valence-corrected chi connectivity index (χ1v) is 12.4. The summed E-state index contributed by atoms with van der Waals surface area (Å²) in [5.41, 5.74) is 3.06. The van der Waals surface area contributed by atoms with Crippen molar-refractivity contribution in [3.63, 3.8) is 0 Å². The van der Waals surface area contributed by atoms with Gasteiger partial charge in [0.2, 0.25) is 5.91 Å². The van der Waals surface area contributed by atoms with Crippen molar-refractivity contribution in [3.05, 3.63) is 90.0 Å². The van der Waals surface area contributed by atoms with Crippen molar-refractivity contribution in [2.45, 2.75) is 38.1 Å². The predicted octanol–water partition coefficient (Wildman–Crippen LogP) is 5.08. The molecule has 1 saturated carbocycles. The highest BCUT2D eigenvalue weighted by atomic mass is 16.2. The van der Waals surface area contributed by atoms with Gasteiger partial charge in [-0.3, -0.25) is 14.4 Å². The lowest BCUT2D eigenvalue weighted by Gasteiger charge is -2.22. The molecular formula is C29H32N4O3. The van der Waals surface area contributed by atoms with E-state index in [9.17, 15) is 14.4 Å². The van der Waals surface area contributed by atoms with Crippen LogP contribution in [0.2, 0.25) is 0 Å². The van der Waals surface area contributed by atoms with Crippen LogP contribution < -0.4 is 20.9 Å². The number of carbonyl (C=O) groups excluding carboxylic acids is 3. The molecule has 36 heavy (non-hydrogen) atoms. The molecule has 3 aromatic carbocycles. The van der Waals surface area contributed by atoms with Crippen molar-refractivity contribution in [1.29, 1.82) is 0 Å². The third-order valence-corrected chi connectivity index (χ3v) is 6.36. The van der Waals surface area contributed by atoms with Crippen LogP contribution in [0.15, 0.2) is 78.9 Å². The van der Waals surface area contributed by atoms with E-state index in [1.54, 1.807) is 54.4 Å². The summed E-state index contributed by atoms with van der Waals surface area (Å²) in [4.78, 5) is 39.6. The number of rotatable bonds is 8. The van der Waals surface area contributed by atoms with Gasteiger partial charge in [-0.05, 0) is 61.4 Å². The Morgan fingerprint density at radius 2 is 1.47 bits per heavy atom. The summed E-state index contributed by atoms with van der Waals surface area (Å²) in [6, 6.07) is 23.6. The second kappa shape index (κ2) is 12.0. The Bertz CT molecular complexity index is 1210. The van der Waals surface area contributed by atoms with Crippen LogP contribution in [0.5, 0.6) is 0 Å². The lowest BCUT2D eigenvalue weighted by molar-refractivity contribution is -0.114. The van der Waals surface area contributed by atoms with Crippen molar-refractivity contribution < 1.29 is 14.4 Å². The van der Waals surface area contributed by atoms with Gasteiger partial charge in [0.15, 0.2) is 0 Å². The minimum absolute atomic E-state index is 0.0236. The van der Waals surface area contributed by atoms with Gasteiger partial charge in [0.05, 0.1) is 6.54 Å². The number of nitrogens with one attached hydrogen (secondary N) is 3. The summed E-state index contributed by atoms with van der Waals surface area (Å²) in [5.74, 6) is -0.510. The molecule has 0 saturated heterocycles. The maximum Gasteiger partial charge on any atom is 0.258 e. The number of amides is 3. The molecular weight excluding hydrogens is 452 g/mol. The number of anilines is 3. The van der Waals surface area contributed by atoms with Gasteiger partial charge in [0.25, 0.3) is 11.8 Å². The Hall–Kier alpha value is -4.13. The summed E-state index contributed by atoms with van der Waals surface area (Å²) in [7, 11) is 1.72. The van der Waals surface area contributed by atoms with E-state index in [0.717, 1.165) is 31.4 Å².